The van der Waals surface area contributed by atoms with Gasteiger partial charge >= 0.3 is 0 Å². The molecule has 112 valence electrons. The largest absolute Gasteiger partial charge is 0.497 e. The highest BCUT2D eigenvalue weighted by Gasteiger charge is 2.07. The number of rotatable bonds is 6. The van der Waals surface area contributed by atoms with Gasteiger partial charge in [-0.25, -0.2) is 4.98 Å². The molecule has 0 aliphatic rings. The average Bonchev–Trinajstić information content (AvgIpc) is 2.85. The van der Waals surface area contributed by atoms with E-state index >= 15 is 0 Å². The van der Waals surface area contributed by atoms with Gasteiger partial charge < -0.3 is 10.1 Å². The molecule has 0 saturated carbocycles. The van der Waals surface area contributed by atoms with Crippen molar-refractivity contribution in [1.82, 2.24) is 9.88 Å². The number of hydrogen-bond acceptors (Lipinski definition) is 5. The molecule has 1 aromatic carbocycles. The van der Waals surface area contributed by atoms with Gasteiger partial charge in [0.1, 0.15) is 5.75 Å². The summed E-state index contributed by atoms with van der Waals surface area (Å²) in [7, 11) is 3.71. The predicted molar refractivity (Wildman–Crippen MR) is 84.6 cm³/mol. The van der Waals surface area contributed by atoms with E-state index in [4.69, 9.17) is 4.74 Å². The second-order valence-corrected chi connectivity index (χ2v) is 5.71. The summed E-state index contributed by atoms with van der Waals surface area (Å²) in [6, 6.07) is 8.02. The van der Waals surface area contributed by atoms with Crippen molar-refractivity contribution in [3.63, 3.8) is 0 Å². The molecule has 2 rings (SSSR count). The molecule has 0 radical (unpaired) electrons. The van der Waals surface area contributed by atoms with Gasteiger partial charge in [0.05, 0.1) is 12.8 Å². The molecule has 1 aromatic heterocycles. The number of nitrogens with zero attached hydrogens (tertiary/aromatic N) is 2. The topological polar surface area (TPSA) is 54.5 Å². The fourth-order valence-electron chi connectivity index (χ4n) is 2.00. The van der Waals surface area contributed by atoms with Crippen LogP contribution in [-0.2, 0) is 17.9 Å². The molecular weight excluding hydrogens is 286 g/mol. The Labute approximate surface area is 128 Å². The molecule has 5 nitrogen and oxygen atoms in total. The maximum absolute atomic E-state index is 11.0. The number of nitrogens with one attached hydrogen (secondary N) is 1. The van der Waals surface area contributed by atoms with Crippen molar-refractivity contribution in [3.8, 4) is 5.75 Å². The highest BCUT2D eigenvalue weighted by molar-refractivity contribution is 7.13. The number of hydrogen-bond donors (Lipinski definition) is 1. The average molecular weight is 305 g/mol. The minimum atomic E-state index is -0.0966. The summed E-state index contributed by atoms with van der Waals surface area (Å²) >= 11 is 1.44. The van der Waals surface area contributed by atoms with E-state index in [0.29, 0.717) is 5.13 Å². The first-order valence-corrected chi connectivity index (χ1v) is 7.48. The molecule has 1 heterocycles. The van der Waals surface area contributed by atoms with E-state index in [1.165, 1.54) is 23.8 Å². The zero-order chi connectivity index (χ0) is 15.2. The van der Waals surface area contributed by atoms with E-state index in [1.807, 2.05) is 30.6 Å². The van der Waals surface area contributed by atoms with Crippen LogP contribution in [0.2, 0.25) is 0 Å². The Bertz CT molecular complexity index is 612. The smallest absolute Gasteiger partial charge is 0.223 e. The Balaban J connectivity index is 1.93. The minimum Gasteiger partial charge on any atom is -0.497 e. The number of ether oxygens (including phenoxy) is 1. The normalized spacial score (nSPS) is 10.7. The molecule has 0 atom stereocenters. The molecule has 0 unspecified atom stereocenters. The first kappa shape index (κ1) is 15.5. The lowest BCUT2D eigenvalue weighted by molar-refractivity contribution is -0.114. The van der Waals surface area contributed by atoms with Crippen molar-refractivity contribution >= 4 is 22.4 Å². The van der Waals surface area contributed by atoms with Crippen LogP contribution in [0.5, 0.6) is 5.75 Å². The SMILES string of the molecule is COc1cccc(CN(C)Cc2csc(NC(C)=O)n2)c1. The highest BCUT2D eigenvalue weighted by atomic mass is 32.1. The molecule has 1 amide bonds. The molecule has 21 heavy (non-hydrogen) atoms. The molecule has 6 heteroatoms. The highest BCUT2D eigenvalue weighted by Crippen LogP contribution is 2.18. The molecule has 0 fully saturated rings. The summed E-state index contributed by atoms with van der Waals surface area (Å²) in [6.07, 6.45) is 0. The second kappa shape index (κ2) is 7.19. The summed E-state index contributed by atoms with van der Waals surface area (Å²) in [5.41, 5.74) is 2.14. The van der Waals surface area contributed by atoms with E-state index in [0.717, 1.165) is 24.5 Å². The summed E-state index contributed by atoms with van der Waals surface area (Å²) in [6.45, 7) is 3.02. The molecule has 0 spiro atoms. The van der Waals surface area contributed by atoms with Crippen LogP contribution in [0, 0.1) is 0 Å². The van der Waals surface area contributed by atoms with Crippen LogP contribution in [0.3, 0.4) is 0 Å². The van der Waals surface area contributed by atoms with Crippen molar-refractivity contribution in [3.05, 3.63) is 40.9 Å². The van der Waals surface area contributed by atoms with E-state index in [2.05, 4.69) is 21.3 Å². The molecule has 1 N–H and O–H groups in total. The van der Waals surface area contributed by atoms with Crippen LogP contribution < -0.4 is 10.1 Å². The maximum Gasteiger partial charge on any atom is 0.223 e. The number of methoxy groups -OCH3 is 1. The number of carbonyl (C=O) groups is 1. The lowest BCUT2D eigenvalue weighted by Crippen LogP contribution is -2.17. The van der Waals surface area contributed by atoms with Gasteiger partial charge in [0.25, 0.3) is 0 Å². The van der Waals surface area contributed by atoms with Gasteiger partial charge in [-0.2, -0.15) is 0 Å². The van der Waals surface area contributed by atoms with Crippen LogP contribution in [0.1, 0.15) is 18.2 Å². The molecule has 0 saturated heterocycles. The third-order valence-corrected chi connectivity index (χ3v) is 3.66. The Hall–Kier alpha value is -1.92. The number of benzene rings is 1. The predicted octanol–water partition coefficient (Wildman–Crippen LogP) is 2.74. The number of carbonyl (C=O) groups excluding carboxylic acids is 1. The molecular formula is C15H19N3O2S. The van der Waals surface area contributed by atoms with Crippen molar-refractivity contribution in [2.24, 2.45) is 0 Å². The summed E-state index contributed by atoms with van der Waals surface area (Å²) in [5.74, 6) is 0.767. The third kappa shape index (κ3) is 4.84. The Morgan fingerprint density at radius 1 is 1.43 bits per heavy atom. The van der Waals surface area contributed by atoms with Gasteiger partial charge in [0.2, 0.25) is 5.91 Å². The van der Waals surface area contributed by atoms with Crippen molar-refractivity contribution in [1.29, 1.82) is 0 Å². The summed E-state index contributed by atoms with van der Waals surface area (Å²) < 4.78 is 5.23. The first-order valence-electron chi connectivity index (χ1n) is 6.60. The quantitative estimate of drug-likeness (QED) is 0.891. The van der Waals surface area contributed by atoms with Crippen molar-refractivity contribution < 1.29 is 9.53 Å². The fourth-order valence-corrected chi connectivity index (χ4v) is 2.75. The van der Waals surface area contributed by atoms with Crippen LogP contribution >= 0.6 is 11.3 Å². The Morgan fingerprint density at radius 3 is 2.95 bits per heavy atom. The molecule has 0 bridgehead atoms. The Morgan fingerprint density at radius 2 is 2.24 bits per heavy atom. The summed E-state index contributed by atoms with van der Waals surface area (Å²) in [4.78, 5) is 17.5. The lowest BCUT2D eigenvalue weighted by Gasteiger charge is -2.15. The van der Waals surface area contributed by atoms with Crippen molar-refractivity contribution in [2.45, 2.75) is 20.0 Å². The van der Waals surface area contributed by atoms with E-state index in [9.17, 15) is 4.79 Å². The number of amides is 1. The summed E-state index contributed by atoms with van der Waals surface area (Å²) in [5, 5.41) is 5.31. The number of aromatic nitrogens is 1. The van der Waals surface area contributed by atoms with Crippen LogP contribution in [0.15, 0.2) is 29.6 Å². The van der Waals surface area contributed by atoms with Gasteiger partial charge in [0.15, 0.2) is 5.13 Å². The molecule has 2 aromatic rings. The lowest BCUT2D eigenvalue weighted by atomic mass is 10.2. The van der Waals surface area contributed by atoms with Gasteiger partial charge in [-0.3, -0.25) is 9.69 Å². The number of anilines is 1. The maximum atomic E-state index is 11.0. The van der Waals surface area contributed by atoms with Gasteiger partial charge in [-0.1, -0.05) is 12.1 Å². The van der Waals surface area contributed by atoms with Gasteiger partial charge in [-0.15, -0.1) is 11.3 Å². The van der Waals surface area contributed by atoms with Crippen LogP contribution in [-0.4, -0.2) is 29.9 Å². The van der Waals surface area contributed by atoms with Crippen LogP contribution in [0.25, 0.3) is 0 Å². The molecule has 0 aliphatic heterocycles. The molecule has 0 aliphatic carbocycles. The fraction of sp³-hybridized carbons (Fsp3) is 0.333. The first-order chi connectivity index (χ1) is 10.1. The van der Waals surface area contributed by atoms with Crippen molar-refractivity contribution in [2.75, 3.05) is 19.5 Å². The van der Waals surface area contributed by atoms with E-state index in [1.54, 1.807) is 7.11 Å². The van der Waals surface area contributed by atoms with E-state index in [-0.39, 0.29) is 5.91 Å². The second-order valence-electron chi connectivity index (χ2n) is 4.85. The third-order valence-electron chi connectivity index (χ3n) is 2.85. The van der Waals surface area contributed by atoms with Gasteiger partial charge in [0, 0.05) is 25.4 Å². The van der Waals surface area contributed by atoms with Crippen LogP contribution in [0.4, 0.5) is 5.13 Å². The zero-order valence-electron chi connectivity index (χ0n) is 12.4. The van der Waals surface area contributed by atoms with Gasteiger partial charge in [-0.05, 0) is 24.7 Å². The number of thiazole rings is 1. The zero-order valence-corrected chi connectivity index (χ0v) is 13.2. The monoisotopic (exact) mass is 305 g/mol. The minimum absolute atomic E-state index is 0.0966. The Kier molecular flexibility index (Phi) is 5.30. The van der Waals surface area contributed by atoms with E-state index < -0.39 is 0 Å². The standard InChI is InChI=1S/C15H19N3O2S/c1-11(19)16-15-17-13(10-21-15)9-18(2)8-12-5-4-6-14(7-12)20-3/h4-7,10H,8-9H2,1-3H3,(H,16,17,19).